The van der Waals surface area contributed by atoms with Gasteiger partial charge < -0.3 is 14.1 Å². The minimum absolute atomic E-state index is 0.0976. The molecule has 1 aliphatic heterocycles. The Bertz CT molecular complexity index is 897. The number of benzene rings is 2. The van der Waals surface area contributed by atoms with Crippen molar-refractivity contribution in [3.05, 3.63) is 66.1 Å². The fourth-order valence-electron chi connectivity index (χ4n) is 3.40. The van der Waals surface area contributed by atoms with E-state index in [0.29, 0.717) is 0 Å². The van der Waals surface area contributed by atoms with Crippen LogP contribution in [0, 0.1) is 0 Å². The average molecular weight is 350 g/mol. The smallest absolute Gasteiger partial charge is 0.253 e. The van der Waals surface area contributed by atoms with Crippen LogP contribution in [-0.2, 0) is 6.54 Å². The number of hydrogen-bond donors (Lipinski definition) is 0. The molecule has 0 radical (unpaired) electrons. The summed E-state index contributed by atoms with van der Waals surface area (Å²) in [7, 11) is 1.66. The van der Waals surface area contributed by atoms with Crippen molar-refractivity contribution in [2.45, 2.75) is 6.54 Å². The maximum atomic E-state index is 12.9. The number of hydrogen-bond acceptors (Lipinski definition) is 4. The van der Waals surface area contributed by atoms with Gasteiger partial charge in [0.2, 0.25) is 0 Å². The van der Waals surface area contributed by atoms with Crippen LogP contribution in [0.3, 0.4) is 0 Å². The minimum Gasteiger partial charge on any atom is -0.497 e. The molecule has 0 saturated carbocycles. The average Bonchev–Trinajstić information content (AvgIpc) is 3.20. The summed E-state index contributed by atoms with van der Waals surface area (Å²) < 4.78 is 10.7. The van der Waals surface area contributed by atoms with Crippen LogP contribution < -0.4 is 4.74 Å². The van der Waals surface area contributed by atoms with E-state index in [0.717, 1.165) is 60.6 Å². The Morgan fingerprint density at radius 1 is 1.04 bits per heavy atom. The SMILES string of the molecule is COc1ccc2cc(C(=O)N3CCN(Cc4ccco4)CC3)ccc2c1. The highest BCUT2D eigenvalue weighted by Crippen LogP contribution is 2.23. The molecule has 0 N–H and O–H groups in total. The molecule has 5 heteroatoms. The van der Waals surface area contributed by atoms with Crippen molar-refractivity contribution in [3.63, 3.8) is 0 Å². The van der Waals surface area contributed by atoms with Crippen molar-refractivity contribution >= 4 is 16.7 Å². The Kier molecular flexibility index (Phi) is 4.63. The molecular weight excluding hydrogens is 328 g/mol. The van der Waals surface area contributed by atoms with Crippen LogP contribution in [0.15, 0.2) is 59.2 Å². The fraction of sp³-hybridized carbons (Fsp3) is 0.286. The van der Waals surface area contributed by atoms with Crippen molar-refractivity contribution in [3.8, 4) is 5.75 Å². The van der Waals surface area contributed by atoms with Gasteiger partial charge >= 0.3 is 0 Å². The number of furan rings is 1. The molecule has 0 spiro atoms. The third-order valence-electron chi connectivity index (χ3n) is 4.91. The van der Waals surface area contributed by atoms with Crippen molar-refractivity contribution in [1.29, 1.82) is 0 Å². The number of rotatable bonds is 4. The quantitative estimate of drug-likeness (QED) is 0.723. The molecule has 3 aromatic rings. The molecule has 2 aromatic carbocycles. The van der Waals surface area contributed by atoms with Gasteiger partial charge in [0.15, 0.2) is 0 Å². The van der Waals surface area contributed by atoms with Crippen LogP contribution in [0.5, 0.6) is 5.75 Å². The lowest BCUT2D eigenvalue weighted by Crippen LogP contribution is -2.48. The molecule has 0 atom stereocenters. The van der Waals surface area contributed by atoms with Gasteiger partial charge in [0.05, 0.1) is 19.9 Å². The zero-order valence-corrected chi connectivity index (χ0v) is 14.9. The summed E-state index contributed by atoms with van der Waals surface area (Å²) >= 11 is 0. The number of carbonyl (C=O) groups is 1. The summed E-state index contributed by atoms with van der Waals surface area (Å²) in [6, 6.07) is 15.6. The van der Waals surface area contributed by atoms with Gasteiger partial charge in [-0.15, -0.1) is 0 Å². The van der Waals surface area contributed by atoms with Crippen molar-refractivity contribution in [1.82, 2.24) is 9.80 Å². The first kappa shape index (κ1) is 16.7. The second-order valence-corrected chi connectivity index (χ2v) is 6.58. The highest BCUT2D eigenvalue weighted by molar-refractivity contribution is 5.98. The van der Waals surface area contributed by atoms with Crippen molar-refractivity contribution in [2.24, 2.45) is 0 Å². The van der Waals surface area contributed by atoms with E-state index < -0.39 is 0 Å². The summed E-state index contributed by atoms with van der Waals surface area (Å²) in [5.41, 5.74) is 0.738. The maximum Gasteiger partial charge on any atom is 0.253 e. The number of ether oxygens (including phenoxy) is 1. The van der Waals surface area contributed by atoms with Gasteiger partial charge in [-0.3, -0.25) is 9.69 Å². The standard InChI is InChI=1S/C21H22N2O3/c1-25-19-7-6-16-13-18(5-4-17(16)14-19)21(24)23-10-8-22(9-11-23)15-20-3-2-12-26-20/h2-7,12-14H,8-11,15H2,1H3. The highest BCUT2D eigenvalue weighted by Gasteiger charge is 2.22. The van der Waals surface area contributed by atoms with E-state index in [9.17, 15) is 4.79 Å². The van der Waals surface area contributed by atoms with Gasteiger partial charge in [-0.25, -0.2) is 0 Å². The second kappa shape index (κ2) is 7.22. The lowest BCUT2D eigenvalue weighted by atomic mass is 10.1. The lowest BCUT2D eigenvalue weighted by molar-refractivity contribution is 0.0620. The summed E-state index contributed by atoms with van der Waals surface area (Å²) in [5.74, 6) is 1.89. The Balaban J connectivity index is 1.42. The third kappa shape index (κ3) is 3.44. The summed E-state index contributed by atoms with van der Waals surface area (Å²) in [6.45, 7) is 3.99. The number of piperazine rings is 1. The molecule has 26 heavy (non-hydrogen) atoms. The zero-order valence-electron chi connectivity index (χ0n) is 14.9. The second-order valence-electron chi connectivity index (χ2n) is 6.58. The van der Waals surface area contributed by atoms with Gasteiger partial charge in [-0.1, -0.05) is 12.1 Å². The Labute approximate surface area is 152 Å². The first-order valence-corrected chi connectivity index (χ1v) is 8.85. The fourth-order valence-corrected chi connectivity index (χ4v) is 3.40. The molecule has 2 heterocycles. The summed E-state index contributed by atoms with van der Waals surface area (Å²) in [5, 5.41) is 2.12. The van der Waals surface area contributed by atoms with Crippen LogP contribution in [-0.4, -0.2) is 49.0 Å². The number of amides is 1. The van der Waals surface area contributed by atoms with E-state index in [2.05, 4.69) is 4.90 Å². The van der Waals surface area contributed by atoms with Gasteiger partial charge in [0, 0.05) is 31.7 Å². The molecule has 1 aliphatic rings. The molecule has 1 fully saturated rings. The molecule has 5 nitrogen and oxygen atoms in total. The van der Waals surface area contributed by atoms with Gasteiger partial charge in [0.1, 0.15) is 11.5 Å². The molecule has 0 aliphatic carbocycles. The molecule has 0 bridgehead atoms. The number of carbonyl (C=O) groups excluding carboxylic acids is 1. The maximum absolute atomic E-state index is 12.9. The van der Waals surface area contributed by atoms with Gasteiger partial charge in [-0.2, -0.15) is 0 Å². The normalized spacial score (nSPS) is 15.3. The Hall–Kier alpha value is -2.79. The molecular formula is C21H22N2O3. The van der Waals surface area contributed by atoms with Crippen LogP contribution in [0.2, 0.25) is 0 Å². The molecule has 0 unspecified atom stereocenters. The van der Waals surface area contributed by atoms with E-state index in [1.54, 1.807) is 13.4 Å². The largest absolute Gasteiger partial charge is 0.497 e. The van der Waals surface area contributed by atoms with Gasteiger partial charge in [-0.05, 0) is 47.2 Å². The predicted molar refractivity (Wildman–Crippen MR) is 100 cm³/mol. The number of methoxy groups -OCH3 is 1. The van der Waals surface area contributed by atoms with Crippen molar-refractivity contribution in [2.75, 3.05) is 33.3 Å². The van der Waals surface area contributed by atoms with Crippen LogP contribution in [0.1, 0.15) is 16.1 Å². The van der Waals surface area contributed by atoms with Crippen molar-refractivity contribution < 1.29 is 13.9 Å². The van der Waals surface area contributed by atoms with E-state index in [1.807, 2.05) is 53.4 Å². The Morgan fingerprint density at radius 2 is 1.81 bits per heavy atom. The minimum atomic E-state index is 0.0976. The lowest BCUT2D eigenvalue weighted by Gasteiger charge is -2.34. The summed E-state index contributed by atoms with van der Waals surface area (Å²) in [6.07, 6.45) is 1.70. The van der Waals surface area contributed by atoms with E-state index in [-0.39, 0.29) is 5.91 Å². The highest BCUT2D eigenvalue weighted by atomic mass is 16.5. The zero-order chi connectivity index (χ0) is 17.9. The number of nitrogens with zero attached hydrogens (tertiary/aromatic N) is 2. The van der Waals surface area contributed by atoms with E-state index in [4.69, 9.17) is 9.15 Å². The molecule has 1 saturated heterocycles. The van der Waals surface area contributed by atoms with E-state index in [1.165, 1.54) is 0 Å². The molecule has 134 valence electrons. The van der Waals surface area contributed by atoms with E-state index >= 15 is 0 Å². The first-order valence-electron chi connectivity index (χ1n) is 8.85. The van der Waals surface area contributed by atoms with Crippen LogP contribution in [0.25, 0.3) is 10.8 Å². The molecule has 1 amide bonds. The van der Waals surface area contributed by atoms with Crippen LogP contribution >= 0.6 is 0 Å². The third-order valence-corrected chi connectivity index (χ3v) is 4.91. The molecule has 4 rings (SSSR count). The summed E-state index contributed by atoms with van der Waals surface area (Å²) in [4.78, 5) is 17.1. The monoisotopic (exact) mass is 350 g/mol. The van der Waals surface area contributed by atoms with Crippen LogP contribution in [0.4, 0.5) is 0 Å². The topological polar surface area (TPSA) is 45.9 Å². The first-order chi connectivity index (χ1) is 12.7. The molecule has 1 aromatic heterocycles. The Morgan fingerprint density at radius 3 is 2.54 bits per heavy atom. The predicted octanol–water partition coefficient (Wildman–Crippen LogP) is 3.40. The van der Waals surface area contributed by atoms with Gasteiger partial charge in [0.25, 0.3) is 5.91 Å². The number of fused-ring (bicyclic) bond motifs is 1.